The Bertz CT molecular complexity index is 423. The van der Waals surface area contributed by atoms with E-state index >= 15 is 0 Å². The van der Waals surface area contributed by atoms with E-state index in [2.05, 4.69) is 16.9 Å². The lowest BCUT2D eigenvalue weighted by Gasteiger charge is -2.27. The zero-order chi connectivity index (χ0) is 13.7. The lowest BCUT2D eigenvalue weighted by Crippen LogP contribution is -2.21. The first-order valence-corrected chi connectivity index (χ1v) is 7.53. The number of carbonyl (C=O) groups excluding carboxylic acids is 1. The number of carbonyl (C=O) groups is 1. The third-order valence-electron chi connectivity index (χ3n) is 4.18. The van der Waals surface area contributed by atoms with E-state index in [1.807, 2.05) is 19.2 Å². The van der Waals surface area contributed by atoms with Crippen molar-refractivity contribution in [1.29, 1.82) is 0 Å². The molecule has 1 heterocycles. The molecular weight excluding hydrogens is 236 g/mol. The van der Waals surface area contributed by atoms with Gasteiger partial charge >= 0.3 is 0 Å². The Morgan fingerprint density at radius 1 is 1.32 bits per heavy atom. The van der Waals surface area contributed by atoms with E-state index in [0.717, 1.165) is 56.5 Å². The van der Waals surface area contributed by atoms with E-state index in [-0.39, 0.29) is 0 Å². The number of unbranched alkanes of at least 4 members (excludes halogenated alkanes) is 1. The highest BCUT2D eigenvalue weighted by Gasteiger charge is 2.27. The van der Waals surface area contributed by atoms with Crippen LogP contribution in [-0.2, 0) is 4.79 Å². The van der Waals surface area contributed by atoms with E-state index in [1.54, 1.807) is 0 Å². The van der Waals surface area contributed by atoms with Crippen LogP contribution in [0.5, 0.6) is 0 Å². The third-order valence-corrected chi connectivity index (χ3v) is 4.18. The second-order valence-corrected chi connectivity index (χ2v) is 5.65. The highest BCUT2D eigenvalue weighted by atomic mass is 16.1. The monoisotopic (exact) mass is 260 g/mol. The van der Waals surface area contributed by atoms with Gasteiger partial charge in [0.05, 0.1) is 0 Å². The Kier molecular flexibility index (Phi) is 5.06. The minimum absolute atomic E-state index is 0.311. The summed E-state index contributed by atoms with van der Waals surface area (Å²) < 4.78 is 0. The van der Waals surface area contributed by atoms with E-state index in [0.29, 0.717) is 17.6 Å². The molecule has 1 aromatic heterocycles. The highest BCUT2D eigenvalue weighted by molar-refractivity contribution is 5.81. The number of Topliss-reactive ketones (excluding diaryl/α,β-unsaturated/α-hetero) is 1. The summed E-state index contributed by atoms with van der Waals surface area (Å²) in [7, 11) is 0. The Morgan fingerprint density at radius 3 is 2.68 bits per heavy atom. The van der Waals surface area contributed by atoms with Crippen molar-refractivity contribution >= 4 is 5.78 Å². The number of aryl methyl sites for hydroxylation is 1. The fourth-order valence-corrected chi connectivity index (χ4v) is 2.97. The number of ketones is 1. The summed E-state index contributed by atoms with van der Waals surface area (Å²) in [5, 5.41) is 0. The van der Waals surface area contributed by atoms with Crippen molar-refractivity contribution in [1.82, 2.24) is 9.97 Å². The normalized spacial score (nSPS) is 23.3. The number of hydrogen-bond donors (Lipinski definition) is 0. The van der Waals surface area contributed by atoms with Crippen LogP contribution in [0.2, 0.25) is 0 Å². The average Bonchev–Trinajstić information content (AvgIpc) is 2.45. The molecule has 0 bridgehead atoms. The molecular formula is C16H24N2O. The van der Waals surface area contributed by atoms with Gasteiger partial charge in [-0.05, 0) is 45.1 Å². The van der Waals surface area contributed by atoms with E-state index in [9.17, 15) is 4.79 Å². The van der Waals surface area contributed by atoms with Gasteiger partial charge in [0.2, 0.25) is 0 Å². The molecule has 0 aromatic carbocycles. The van der Waals surface area contributed by atoms with Gasteiger partial charge < -0.3 is 0 Å². The van der Waals surface area contributed by atoms with Crippen molar-refractivity contribution in [3.8, 4) is 0 Å². The molecule has 104 valence electrons. The first-order valence-electron chi connectivity index (χ1n) is 7.53. The van der Waals surface area contributed by atoms with E-state index < -0.39 is 0 Å². The molecule has 0 aliphatic heterocycles. The first-order chi connectivity index (χ1) is 9.20. The van der Waals surface area contributed by atoms with Crippen LogP contribution >= 0.6 is 0 Å². The van der Waals surface area contributed by atoms with Crippen molar-refractivity contribution in [2.24, 2.45) is 5.92 Å². The van der Waals surface area contributed by atoms with Crippen LogP contribution < -0.4 is 0 Å². The molecule has 0 unspecified atom stereocenters. The van der Waals surface area contributed by atoms with Gasteiger partial charge in [0.15, 0.2) is 0 Å². The smallest absolute Gasteiger partial charge is 0.135 e. The van der Waals surface area contributed by atoms with Crippen molar-refractivity contribution < 1.29 is 4.79 Å². The molecule has 0 N–H and O–H groups in total. The maximum absolute atomic E-state index is 12.0. The van der Waals surface area contributed by atoms with Crippen LogP contribution in [0.15, 0.2) is 12.3 Å². The molecule has 0 atom stereocenters. The predicted molar refractivity (Wildman–Crippen MR) is 76.0 cm³/mol. The van der Waals surface area contributed by atoms with Crippen molar-refractivity contribution in [2.45, 2.75) is 64.7 Å². The summed E-state index contributed by atoms with van der Waals surface area (Å²) in [4.78, 5) is 20.7. The fourth-order valence-electron chi connectivity index (χ4n) is 2.97. The van der Waals surface area contributed by atoms with Gasteiger partial charge in [0, 0.05) is 30.1 Å². The number of nitrogens with zero attached hydrogens (tertiary/aromatic N) is 2. The molecule has 3 nitrogen and oxygen atoms in total. The maximum atomic E-state index is 12.0. The minimum Gasteiger partial charge on any atom is -0.299 e. The molecule has 1 aliphatic carbocycles. The standard InChI is InChI=1S/C16H24N2O/c1-3-4-5-16(19)14-8-6-13(7-9-14)15-10-11-17-12(2)18-15/h10-11,13-14H,3-9H2,1-2H3. The maximum Gasteiger partial charge on any atom is 0.135 e. The van der Waals surface area contributed by atoms with E-state index in [1.165, 1.54) is 0 Å². The molecule has 1 aliphatic rings. The summed E-state index contributed by atoms with van der Waals surface area (Å²) in [6, 6.07) is 2.02. The summed E-state index contributed by atoms with van der Waals surface area (Å²) in [5.41, 5.74) is 1.16. The minimum atomic E-state index is 0.311. The third kappa shape index (κ3) is 3.85. The Hall–Kier alpha value is -1.25. The summed E-state index contributed by atoms with van der Waals surface area (Å²) in [5.74, 6) is 2.17. The van der Waals surface area contributed by atoms with Crippen LogP contribution in [-0.4, -0.2) is 15.8 Å². The van der Waals surface area contributed by atoms with Gasteiger partial charge in [0.1, 0.15) is 11.6 Å². The van der Waals surface area contributed by atoms with Gasteiger partial charge in [0.25, 0.3) is 0 Å². The second-order valence-electron chi connectivity index (χ2n) is 5.65. The molecule has 0 spiro atoms. The van der Waals surface area contributed by atoms with Gasteiger partial charge in [-0.1, -0.05) is 13.3 Å². The molecule has 1 fully saturated rings. The predicted octanol–water partition coefficient (Wildman–Crippen LogP) is 3.82. The number of aromatic nitrogens is 2. The first kappa shape index (κ1) is 14.2. The summed E-state index contributed by atoms with van der Waals surface area (Å²) >= 11 is 0. The Labute approximate surface area is 115 Å². The highest BCUT2D eigenvalue weighted by Crippen LogP contribution is 2.35. The molecule has 0 radical (unpaired) electrons. The lowest BCUT2D eigenvalue weighted by molar-refractivity contribution is -0.124. The van der Waals surface area contributed by atoms with Crippen LogP contribution in [0.3, 0.4) is 0 Å². The Morgan fingerprint density at radius 2 is 2.05 bits per heavy atom. The van der Waals surface area contributed by atoms with Gasteiger partial charge in [-0.3, -0.25) is 4.79 Å². The molecule has 1 saturated carbocycles. The van der Waals surface area contributed by atoms with Crippen LogP contribution in [0, 0.1) is 12.8 Å². The SMILES string of the molecule is CCCCC(=O)C1CCC(c2ccnc(C)n2)CC1. The quantitative estimate of drug-likeness (QED) is 0.808. The molecule has 2 rings (SSSR count). The summed E-state index contributed by atoms with van der Waals surface area (Å²) in [6.45, 7) is 4.07. The largest absolute Gasteiger partial charge is 0.299 e. The van der Waals surface area contributed by atoms with Crippen molar-refractivity contribution in [3.05, 3.63) is 23.8 Å². The van der Waals surface area contributed by atoms with Gasteiger partial charge in [-0.25, -0.2) is 9.97 Å². The number of hydrogen-bond acceptors (Lipinski definition) is 3. The van der Waals surface area contributed by atoms with E-state index in [4.69, 9.17) is 0 Å². The second kappa shape index (κ2) is 6.78. The Balaban J connectivity index is 1.87. The van der Waals surface area contributed by atoms with Crippen LogP contribution in [0.4, 0.5) is 0 Å². The molecule has 3 heteroatoms. The molecule has 19 heavy (non-hydrogen) atoms. The fraction of sp³-hybridized carbons (Fsp3) is 0.688. The molecule has 1 aromatic rings. The van der Waals surface area contributed by atoms with Crippen molar-refractivity contribution in [3.63, 3.8) is 0 Å². The average molecular weight is 260 g/mol. The summed E-state index contributed by atoms with van der Waals surface area (Å²) in [6.07, 6.45) is 9.05. The zero-order valence-corrected chi connectivity index (χ0v) is 12.1. The molecule has 0 saturated heterocycles. The number of rotatable bonds is 5. The van der Waals surface area contributed by atoms with Gasteiger partial charge in [-0.15, -0.1) is 0 Å². The lowest BCUT2D eigenvalue weighted by atomic mass is 9.78. The zero-order valence-electron chi connectivity index (χ0n) is 12.1. The topological polar surface area (TPSA) is 42.9 Å². The van der Waals surface area contributed by atoms with Crippen LogP contribution in [0.1, 0.15) is 69.3 Å². The van der Waals surface area contributed by atoms with Crippen molar-refractivity contribution in [2.75, 3.05) is 0 Å². The van der Waals surface area contributed by atoms with Crippen LogP contribution in [0.25, 0.3) is 0 Å². The van der Waals surface area contributed by atoms with Gasteiger partial charge in [-0.2, -0.15) is 0 Å². The molecule has 0 amide bonds.